The van der Waals surface area contributed by atoms with Crippen LogP contribution in [0.3, 0.4) is 0 Å². The molecule has 0 fully saturated rings. The first-order chi connectivity index (χ1) is 60.6. The highest BCUT2D eigenvalue weighted by Crippen LogP contribution is 2.58. The summed E-state index contributed by atoms with van der Waals surface area (Å²) in [6, 6.07) is 153. The Morgan fingerprint density at radius 1 is 0.180 bits per heavy atom. The highest BCUT2D eigenvalue weighted by atomic mass is 15.2. The lowest BCUT2D eigenvalue weighted by molar-refractivity contribution is 0.632. The second-order valence-electron chi connectivity index (χ2n) is 33.5. The Labute approximate surface area is 720 Å². The van der Waals surface area contributed by atoms with E-state index in [1.807, 2.05) is 0 Å². The largest absolute Gasteiger partial charge is 0.310 e. The van der Waals surface area contributed by atoms with Gasteiger partial charge in [0.05, 0.1) is 22.7 Å². The summed E-state index contributed by atoms with van der Waals surface area (Å²) in [4.78, 5) is 11.1. The van der Waals surface area contributed by atoms with E-state index >= 15 is 0 Å². The molecule has 4 nitrogen and oxygen atoms in total. The molecule has 4 heterocycles. The van der Waals surface area contributed by atoms with Crippen molar-refractivity contribution >= 4 is 114 Å². The first kappa shape index (κ1) is 75.5. The average molecular weight is 1570 g/mol. The minimum absolute atomic E-state index is 0.266. The van der Waals surface area contributed by atoms with Gasteiger partial charge in [-0.05, 0) is 157 Å². The van der Waals surface area contributed by atoms with Gasteiger partial charge in [-0.25, -0.2) is 0 Å². The molecule has 586 valence electrons. The van der Waals surface area contributed by atoms with Gasteiger partial charge in [0.2, 0.25) is 0 Å². The van der Waals surface area contributed by atoms with Crippen LogP contribution < -0.4 is 52.4 Å². The van der Waals surface area contributed by atoms with Gasteiger partial charge in [-0.1, -0.05) is 423 Å². The summed E-state index contributed by atoms with van der Waals surface area (Å²) in [6.45, 7) is 4.13. The summed E-state index contributed by atoms with van der Waals surface area (Å²) in [5, 5.41) is 0. The molecule has 0 saturated carbocycles. The summed E-state index contributed by atoms with van der Waals surface area (Å²) < 4.78 is 0. The van der Waals surface area contributed by atoms with Gasteiger partial charge in [-0.2, -0.15) is 0 Å². The van der Waals surface area contributed by atoms with Crippen LogP contribution in [0.5, 0.6) is 0 Å². The van der Waals surface area contributed by atoms with Crippen LogP contribution in [0.15, 0.2) is 400 Å². The molecule has 21 rings (SSSR count). The van der Waals surface area contributed by atoms with E-state index in [-0.39, 0.29) is 13.4 Å². The SMILES string of the molecule is CCCCCCCc1cc2c3c(c1)N(c1c(-c4ccccc4)cccc1-c1ccccc1)c1cc4c(cc1B3c1ccccc1N2c1c(-c2ccccc2)cccc1-c1ccccc1)B1c2ccccc2N(c2c(-c3ccccc3)cccc2-c2ccccc2)c2cc(CCCCCCC)cc(c21)N4c1c(-c2ccccc2)cccc1-c1ccccc1. The minimum Gasteiger partial charge on any atom is -0.310 e. The third-order valence-electron chi connectivity index (χ3n) is 26.0. The van der Waals surface area contributed by atoms with Crippen LogP contribution in [0.1, 0.15) is 89.2 Å². The zero-order chi connectivity index (χ0) is 81.4. The molecule has 0 saturated heterocycles. The van der Waals surface area contributed by atoms with Crippen molar-refractivity contribution in [2.24, 2.45) is 0 Å². The Bertz CT molecular complexity index is 6050. The maximum absolute atomic E-state index is 2.80. The number of unbranched alkanes of at least 4 members (excludes halogenated alkanes) is 8. The molecular formula is C116H96B2N4. The van der Waals surface area contributed by atoms with E-state index in [1.165, 1.54) is 161 Å². The van der Waals surface area contributed by atoms with Crippen molar-refractivity contribution in [3.63, 3.8) is 0 Å². The average Bonchev–Trinajstić information content (AvgIpc) is 0.676. The zero-order valence-corrected chi connectivity index (χ0v) is 69.5. The lowest BCUT2D eigenvalue weighted by Crippen LogP contribution is -2.65. The van der Waals surface area contributed by atoms with Gasteiger partial charge >= 0.3 is 0 Å². The van der Waals surface area contributed by atoms with Crippen LogP contribution in [-0.2, 0) is 12.8 Å². The van der Waals surface area contributed by atoms with Gasteiger partial charge in [0.1, 0.15) is 0 Å². The van der Waals surface area contributed by atoms with E-state index in [2.05, 4.69) is 434 Å². The lowest BCUT2D eigenvalue weighted by atomic mass is 9.30. The Morgan fingerprint density at radius 2 is 0.402 bits per heavy atom. The quantitative estimate of drug-likeness (QED) is 0.0441. The van der Waals surface area contributed by atoms with Gasteiger partial charge < -0.3 is 19.6 Å². The number of hydrogen-bond acceptors (Lipinski definition) is 4. The molecule has 4 aliphatic rings. The highest BCUT2D eigenvalue weighted by Gasteiger charge is 2.50. The summed E-state index contributed by atoms with van der Waals surface area (Å²) in [5.41, 5.74) is 42.9. The van der Waals surface area contributed by atoms with E-state index < -0.39 is 0 Å². The van der Waals surface area contributed by atoms with Crippen molar-refractivity contribution in [2.45, 2.75) is 90.9 Å². The molecule has 0 spiro atoms. The predicted octanol–water partition coefficient (Wildman–Crippen LogP) is 28.2. The standard InChI is InChI=1S/C116H96B2N4/c1-3-5-7-9-19-45-81-75-107-111-109(77-81)121(115-95(87-55-29-15-30-56-87)67-43-68-96(115)88-57-31-16-32-58-88)105-80-106-102(79-101(105)117(111)99-71-37-39-73-103(99)119(107)113-91(83-47-21-11-22-48-83)63-41-64-92(113)84-49-23-12-24-50-84)118-100-72-38-40-74-104(100)120(114-93(85-51-25-13-26-52-85)65-42-66-94(114)86-53-27-14-28-54-86)108-76-82(46-20-10-8-6-4-2)78-110(112(108)118)122(106)116-97(89-59-33-17-34-60-89)69-44-70-98(116)90-61-35-18-36-62-90/h11-18,21-44,47-80H,3-10,19-20,45-46H2,1-2H3. The number of benzene rings is 17. The van der Waals surface area contributed by atoms with Gasteiger partial charge in [0, 0.05) is 90.0 Å². The van der Waals surface area contributed by atoms with Gasteiger partial charge in [-0.3, -0.25) is 0 Å². The monoisotopic (exact) mass is 1570 g/mol. The second-order valence-corrected chi connectivity index (χ2v) is 33.5. The van der Waals surface area contributed by atoms with Crippen LogP contribution in [0.25, 0.3) is 89.0 Å². The Kier molecular flexibility index (Phi) is 20.6. The topological polar surface area (TPSA) is 13.0 Å². The Morgan fingerprint density at radius 3 is 0.648 bits per heavy atom. The molecule has 0 radical (unpaired) electrons. The fourth-order valence-corrected chi connectivity index (χ4v) is 20.6. The molecule has 0 unspecified atom stereocenters. The van der Waals surface area contributed by atoms with Crippen molar-refractivity contribution in [1.82, 2.24) is 0 Å². The number of fused-ring (bicyclic) bond motifs is 8. The smallest absolute Gasteiger partial charge is 0.252 e. The highest BCUT2D eigenvalue weighted by molar-refractivity contribution is 7.03. The van der Waals surface area contributed by atoms with Crippen molar-refractivity contribution < 1.29 is 0 Å². The first-order valence-corrected chi connectivity index (χ1v) is 44.4. The van der Waals surface area contributed by atoms with Crippen molar-refractivity contribution in [3.8, 4) is 89.0 Å². The number of aryl methyl sites for hydroxylation is 2. The molecule has 0 atom stereocenters. The Hall–Kier alpha value is -13.9. The van der Waals surface area contributed by atoms with Crippen LogP contribution in [0, 0.1) is 0 Å². The van der Waals surface area contributed by atoms with Crippen molar-refractivity contribution in [1.29, 1.82) is 0 Å². The van der Waals surface area contributed by atoms with E-state index in [1.54, 1.807) is 0 Å². The summed E-state index contributed by atoms with van der Waals surface area (Å²) in [7, 11) is 0. The number of rotatable bonds is 24. The third-order valence-corrected chi connectivity index (χ3v) is 26.0. The molecule has 0 aromatic heterocycles. The minimum atomic E-state index is -0.266. The number of nitrogens with zero attached hydrogens (tertiary/aromatic N) is 4. The molecule has 17 aromatic rings. The summed E-state index contributed by atoms with van der Waals surface area (Å²) in [5.74, 6) is 0. The normalized spacial score (nSPS) is 12.6. The molecule has 0 amide bonds. The van der Waals surface area contributed by atoms with E-state index in [0.29, 0.717) is 0 Å². The van der Waals surface area contributed by atoms with Crippen molar-refractivity contribution in [2.75, 3.05) is 19.6 Å². The lowest BCUT2D eigenvalue weighted by Gasteiger charge is -2.48. The van der Waals surface area contributed by atoms with Crippen LogP contribution in [0.2, 0.25) is 0 Å². The van der Waals surface area contributed by atoms with E-state index in [9.17, 15) is 0 Å². The maximum Gasteiger partial charge on any atom is 0.252 e. The molecule has 0 aliphatic carbocycles. The fraction of sp³-hybridized carbons (Fsp3) is 0.121. The number of para-hydroxylation sites is 6. The number of anilines is 12. The third kappa shape index (κ3) is 13.5. The van der Waals surface area contributed by atoms with E-state index in [4.69, 9.17) is 0 Å². The molecular weight excluding hydrogens is 1470 g/mol. The maximum atomic E-state index is 2.80. The van der Waals surface area contributed by atoms with Gasteiger partial charge in [0.25, 0.3) is 13.4 Å². The van der Waals surface area contributed by atoms with E-state index in [0.717, 1.165) is 117 Å². The Balaban J connectivity index is 0.937. The van der Waals surface area contributed by atoms with Crippen LogP contribution >= 0.6 is 0 Å². The summed E-state index contributed by atoms with van der Waals surface area (Å²) >= 11 is 0. The molecule has 0 N–H and O–H groups in total. The van der Waals surface area contributed by atoms with Crippen molar-refractivity contribution in [3.05, 3.63) is 412 Å². The van der Waals surface area contributed by atoms with Gasteiger partial charge in [-0.15, -0.1) is 0 Å². The number of hydrogen-bond donors (Lipinski definition) is 0. The van der Waals surface area contributed by atoms with Crippen LogP contribution in [-0.4, -0.2) is 13.4 Å². The molecule has 4 aliphatic heterocycles. The van der Waals surface area contributed by atoms with Gasteiger partial charge in [0.15, 0.2) is 0 Å². The first-order valence-electron chi connectivity index (χ1n) is 44.4. The second kappa shape index (κ2) is 33.3. The molecule has 17 aromatic carbocycles. The predicted molar refractivity (Wildman–Crippen MR) is 523 cm³/mol. The van der Waals surface area contributed by atoms with Crippen LogP contribution in [0.4, 0.5) is 68.2 Å². The zero-order valence-electron chi connectivity index (χ0n) is 69.5. The fourth-order valence-electron chi connectivity index (χ4n) is 20.6. The molecule has 122 heavy (non-hydrogen) atoms. The molecule has 6 heteroatoms. The molecule has 0 bridgehead atoms. The summed E-state index contributed by atoms with van der Waals surface area (Å²) in [6.07, 6.45) is 13.5.